The van der Waals surface area contributed by atoms with Crippen LogP contribution in [0.5, 0.6) is 0 Å². The summed E-state index contributed by atoms with van der Waals surface area (Å²) < 4.78 is 38.9. The van der Waals surface area contributed by atoms with Gasteiger partial charge in [-0.05, 0) is 37.8 Å². The molecule has 2 aliphatic rings. The number of hydrogen-bond acceptors (Lipinski definition) is 3. The van der Waals surface area contributed by atoms with Crippen molar-refractivity contribution < 1.29 is 22.8 Å². The maximum Gasteiger partial charge on any atom is 0.406 e. The third kappa shape index (κ3) is 4.53. The number of hydrogen-bond donors (Lipinski definition) is 0. The van der Waals surface area contributed by atoms with Gasteiger partial charge in [-0.25, -0.2) is 0 Å². The van der Waals surface area contributed by atoms with Gasteiger partial charge in [-0.15, -0.1) is 0 Å². The van der Waals surface area contributed by atoms with Crippen LogP contribution in [0.3, 0.4) is 0 Å². The third-order valence-corrected chi connectivity index (χ3v) is 5.07. The standard InChI is InChI=1S/C18H22F3N3O2/c1-12(13-5-6-13)24(11-18(19,20)21)17(26)14-8-16(25)23(9-14)10-15-4-2-3-7-22-15/h2-4,7,12-14H,5-6,8-11H2,1H3/t12-,14-/m0/s1. The van der Waals surface area contributed by atoms with Crippen LogP contribution in [0, 0.1) is 11.8 Å². The molecular weight excluding hydrogens is 347 g/mol. The second kappa shape index (κ2) is 7.25. The summed E-state index contributed by atoms with van der Waals surface area (Å²) in [5.41, 5.74) is 0.687. The molecule has 2 heterocycles. The molecule has 1 saturated carbocycles. The molecule has 1 aromatic rings. The minimum atomic E-state index is -4.45. The zero-order valence-electron chi connectivity index (χ0n) is 14.6. The van der Waals surface area contributed by atoms with E-state index in [4.69, 9.17) is 0 Å². The second-order valence-corrected chi connectivity index (χ2v) is 7.16. The predicted molar refractivity (Wildman–Crippen MR) is 87.7 cm³/mol. The van der Waals surface area contributed by atoms with Gasteiger partial charge in [0.1, 0.15) is 6.54 Å². The highest BCUT2D eigenvalue weighted by Crippen LogP contribution is 2.37. The summed E-state index contributed by atoms with van der Waals surface area (Å²) in [6.45, 7) is 0.819. The first-order valence-electron chi connectivity index (χ1n) is 8.79. The number of carbonyl (C=O) groups excluding carboxylic acids is 2. The normalized spacial score (nSPS) is 21.8. The van der Waals surface area contributed by atoms with Crippen molar-refractivity contribution >= 4 is 11.8 Å². The number of pyridine rings is 1. The Morgan fingerprint density at radius 3 is 2.69 bits per heavy atom. The Bertz CT molecular complexity index is 661. The zero-order valence-corrected chi connectivity index (χ0v) is 14.6. The average molecular weight is 369 g/mol. The molecule has 0 radical (unpaired) electrons. The van der Waals surface area contributed by atoms with Crippen molar-refractivity contribution in [2.45, 2.75) is 44.9 Å². The van der Waals surface area contributed by atoms with Crippen LogP contribution >= 0.6 is 0 Å². The Kier molecular flexibility index (Phi) is 5.20. The van der Waals surface area contributed by atoms with Crippen molar-refractivity contribution in [2.24, 2.45) is 11.8 Å². The molecule has 1 saturated heterocycles. The summed E-state index contributed by atoms with van der Waals surface area (Å²) in [5.74, 6) is -1.39. The van der Waals surface area contributed by atoms with Gasteiger partial charge in [-0.3, -0.25) is 14.6 Å². The number of alkyl halides is 3. The van der Waals surface area contributed by atoms with Crippen LogP contribution in [0.2, 0.25) is 0 Å². The summed E-state index contributed by atoms with van der Waals surface area (Å²) >= 11 is 0. The molecule has 142 valence electrons. The van der Waals surface area contributed by atoms with Crippen LogP contribution in [-0.2, 0) is 16.1 Å². The molecule has 1 aliphatic heterocycles. The van der Waals surface area contributed by atoms with Gasteiger partial charge in [0, 0.05) is 25.2 Å². The quantitative estimate of drug-likeness (QED) is 0.775. The highest BCUT2D eigenvalue weighted by molar-refractivity contribution is 5.89. The molecule has 3 rings (SSSR count). The van der Waals surface area contributed by atoms with Crippen LogP contribution in [0.4, 0.5) is 13.2 Å². The largest absolute Gasteiger partial charge is 0.406 e. The fraction of sp³-hybridized carbons (Fsp3) is 0.611. The van der Waals surface area contributed by atoms with Gasteiger partial charge in [0.25, 0.3) is 0 Å². The lowest BCUT2D eigenvalue weighted by Gasteiger charge is -2.32. The molecule has 2 fully saturated rings. The van der Waals surface area contributed by atoms with Crippen molar-refractivity contribution in [3.05, 3.63) is 30.1 Å². The minimum absolute atomic E-state index is 0.0442. The van der Waals surface area contributed by atoms with E-state index in [2.05, 4.69) is 4.98 Å². The Balaban J connectivity index is 1.68. The molecule has 0 N–H and O–H groups in total. The van der Waals surface area contributed by atoms with Gasteiger partial charge in [0.2, 0.25) is 11.8 Å². The molecule has 26 heavy (non-hydrogen) atoms. The summed E-state index contributed by atoms with van der Waals surface area (Å²) in [6, 6.07) is 4.88. The fourth-order valence-corrected chi connectivity index (χ4v) is 3.46. The van der Waals surface area contributed by atoms with Gasteiger partial charge in [-0.1, -0.05) is 6.07 Å². The van der Waals surface area contributed by atoms with Gasteiger partial charge in [0.15, 0.2) is 0 Å². The lowest BCUT2D eigenvalue weighted by Crippen LogP contribution is -2.48. The van der Waals surface area contributed by atoms with Gasteiger partial charge in [0.05, 0.1) is 18.2 Å². The van der Waals surface area contributed by atoms with Crippen LogP contribution in [-0.4, -0.2) is 51.9 Å². The smallest absolute Gasteiger partial charge is 0.336 e. The monoisotopic (exact) mass is 369 g/mol. The van der Waals surface area contributed by atoms with Crippen molar-refractivity contribution in [2.75, 3.05) is 13.1 Å². The highest BCUT2D eigenvalue weighted by Gasteiger charge is 2.44. The lowest BCUT2D eigenvalue weighted by molar-refractivity contribution is -0.168. The van der Waals surface area contributed by atoms with E-state index in [9.17, 15) is 22.8 Å². The number of aromatic nitrogens is 1. The van der Waals surface area contributed by atoms with E-state index in [0.717, 1.165) is 17.7 Å². The Labute approximate surface area is 150 Å². The van der Waals surface area contributed by atoms with Crippen LogP contribution in [0.15, 0.2) is 24.4 Å². The SMILES string of the molecule is C[C@@H](C1CC1)N(CC(F)(F)F)C(=O)[C@H]1CC(=O)N(Cc2ccccn2)C1. The molecule has 0 unspecified atom stereocenters. The predicted octanol–water partition coefficient (Wildman–Crippen LogP) is 2.62. The average Bonchev–Trinajstić information content (AvgIpc) is 3.37. The van der Waals surface area contributed by atoms with Crippen molar-refractivity contribution in [1.82, 2.24) is 14.8 Å². The van der Waals surface area contributed by atoms with Crippen molar-refractivity contribution in [3.63, 3.8) is 0 Å². The molecule has 0 spiro atoms. The van der Waals surface area contributed by atoms with E-state index >= 15 is 0 Å². The van der Waals surface area contributed by atoms with Crippen LogP contribution in [0.1, 0.15) is 31.9 Å². The second-order valence-electron chi connectivity index (χ2n) is 7.16. The number of likely N-dealkylation sites (tertiary alicyclic amines) is 1. The van der Waals surface area contributed by atoms with Crippen molar-refractivity contribution in [1.29, 1.82) is 0 Å². The first kappa shape index (κ1) is 18.7. The summed E-state index contributed by atoms with van der Waals surface area (Å²) in [4.78, 5) is 31.6. The molecule has 0 bridgehead atoms. The molecule has 5 nitrogen and oxygen atoms in total. The van der Waals surface area contributed by atoms with E-state index in [1.165, 1.54) is 4.90 Å². The first-order valence-corrected chi connectivity index (χ1v) is 8.79. The number of nitrogens with zero attached hydrogens (tertiary/aromatic N) is 3. The molecule has 2 atom stereocenters. The Morgan fingerprint density at radius 2 is 2.12 bits per heavy atom. The minimum Gasteiger partial charge on any atom is -0.336 e. The first-order chi connectivity index (χ1) is 12.2. The van der Waals surface area contributed by atoms with Crippen molar-refractivity contribution in [3.8, 4) is 0 Å². The topological polar surface area (TPSA) is 53.5 Å². The molecule has 8 heteroatoms. The highest BCUT2D eigenvalue weighted by atomic mass is 19.4. The van der Waals surface area contributed by atoms with Gasteiger partial charge >= 0.3 is 6.18 Å². The van der Waals surface area contributed by atoms with Crippen LogP contribution in [0.25, 0.3) is 0 Å². The maximum absolute atomic E-state index is 13.0. The van der Waals surface area contributed by atoms with Gasteiger partial charge < -0.3 is 9.80 Å². The summed E-state index contributed by atoms with van der Waals surface area (Å²) in [7, 11) is 0. The molecular formula is C18H22F3N3O2. The number of halogens is 3. The molecule has 1 aromatic heterocycles. The molecule has 0 aromatic carbocycles. The number of amides is 2. The lowest BCUT2D eigenvalue weighted by atomic mass is 10.0. The fourth-order valence-electron chi connectivity index (χ4n) is 3.46. The van der Waals surface area contributed by atoms with E-state index in [1.807, 2.05) is 0 Å². The van der Waals surface area contributed by atoms with Crippen LogP contribution < -0.4 is 0 Å². The summed E-state index contributed by atoms with van der Waals surface area (Å²) in [5, 5.41) is 0. The summed E-state index contributed by atoms with van der Waals surface area (Å²) in [6.07, 6.45) is -1.19. The Morgan fingerprint density at radius 1 is 1.38 bits per heavy atom. The van der Waals surface area contributed by atoms with Gasteiger partial charge in [-0.2, -0.15) is 13.2 Å². The van der Waals surface area contributed by atoms with E-state index in [0.29, 0.717) is 5.69 Å². The number of carbonyl (C=O) groups is 2. The Hall–Kier alpha value is -2.12. The number of rotatable bonds is 6. The van der Waals surface area contributed by atoms with E-state index in [1.54, 1.807) is 31.3 Å². The molecule has 2 amide bonds. The molecule has 1 aliphatic carbocycles. The van der Waals surface area contributed by atoms with E-state index in [-0.39, 0.29) is 31.3 Å². The third-order valence-electron chi connectivity index (χ3n) is 5.07. The zero-order chi connectivity index (χ0) is 18.9. The maximum atomic E-state index is 13.0. The van der Waals surface area contributed by atoms with E-state index < -0.39 is 30.6 Å².